The maximum absolute atomic E-state index is 12.4. The summed E-state index contributed by atoms with van der Waals surface area (Å²) < 4.78 is 0. The van der Waals surface area contributed by atoms with E-state index in [0.29, 0.717) is 11.5 Å². The van der Waals surface area contributed by atoms with Crippen LogP contribution in [0.5, 0.6) is 0 Å². The number of aryl methyl sites for hydroxylation is 1. The van der Waals surface area contributed by atoms with Gasteiger partial charge in [-0.15, -0.1) is 0 Å². The van der Waals surface area contributed by atoms with Gasteiger partial charge in [0.1, 0.15) is 17.3 Å². The van der Waals surface area contributed by atoms with E-state index in [9.17, 15) is 4.79 Å². The monoisotopic (exact) mass is 310 g/mol. The van der Waals surface area contributed by atoms with Gasteiger partial charge in [0, 0.05) is 24.8 Å². The molecule has 0 spiro atoms. The minimum Gasteiger partial charge on any atom is -0.356 e. The first-order valence-corrected chi connectivity index (χ1v) is 8.09. The van der Waals surface area contributed by atoms with Crippen LogP contribution in [0.2, 0.25) is 0 Å². The molecule has 1 aromatic carbocycles. The van der Waals surface area contributed by atoms with Crippen molar-refractivity contribution in [2.45, 2.75) is 26.7 Å². The maximum atomic E-state index is 12.4. The van der Waals surface area contributed by atoms with Gasteiger partial charge in [-0.3, -0.25) is 4.79 Å². The molecule has 0 saturated carbocycles. The van der Waals surface area contributed by atoms with Crippen LogP contribution in [0.3, 0.4) is 0 Å². The third kappa shape index (κ3) is 3.86. The standard InChI is InChI=1S/C18H22N4O/c1-13-8-10-22(11-9-13)17-12-16(19-14(2)20-17)18(23)21-15-6-4-3-5-7-15/h3-7,12-13H,8-11H2,1-2H3,(H,21,23). The highest BCUT2D eigenvalue weighted by atomic mass is 16.1. The number of carbonyl (C=O) groups excluding carboxylic acids is 1. The van der Waals surface area contributed by atoms with E-state index < -0.39 is 0 Å². The van der Waals surface area contributed by atoms with Crippen LogP contribution in [0.1, 0.15) is 36.1 Å². The van der Waals surface area contributed by atoms with E-state index in [2.05, 4.69) is 27.1 Å². The number of piperidine rings is 1. The van der Waals surface area contributed by atoms with E-state index in [1.165, 1.54) is 0 Å². The number of nitrogens with one attached hydrogen (secondary N) is 1. The van der Waals surface area contributed by atoms with Gasteiger partial charge in [0.2, 0.25) is 0 Å². The third-order valence-corrected chi connectivity index (χ3v) is 4.20. The van der Waals surface area contributed by atoms with Crippen LogP contribution in [0.4, 0.5) is 11.5 Å². The summed E-state index contributed by atoms with van der Waals surface area (Å²) in [6, 6.07) is 11.2. The van der Waals surface area contributed by atoms with Crippen molar-refractivity contribution in [3.63, 3.8) is 0 Å². The van der Waals surface area contributed by atoms with Crippen LogP contribution >= 0.6 is 0 Å². The van der Waals surface area contributed by atoms with Crippen LogP contribution in [0.15, 0.2) is 36.4 Å². The Labute approximate surface area is 136 Å². The van der Waals surface area contributed by atoms with Gasteiger partial charge in [0.15, 0.2) is 0 Å². The van der Waals surface area contributed by atoms with Crippen molar-refractivity contribution >= 4 is 17.4 Å². The van der Waals surface area contributed by atoms with Crippen LogP contribution < -0.4 is 10.2 Å². The van der Waals surface area contributed by atoms with Crippen molar-refractivity contribution in [1.29, 1.82) is 0 Å². The Kier molecular flexibility index (Phi) is 4.55. The molecule has 1 aliphatic rings. The predicted molar refractivity (Wildman–Crippen MR) is 91.8 cm³/mol. The minimum absolute atomic E-state index is 0.201. The van der Waals surface area contributed by atoms with E-state index in [0.717, 1.165) is 43.4 Å². The molecule has 1 saturated heterocycles. The van der Waals surface area contributed by atoms with Crippen molar-refractivity contribution in [3.8, 4) is 0 Å². The number of hydrogen-bond acceptors (Lipinski definition) is 4. The quantitative estimate of drug-likeness (QED) is 0.945. The predicted octanol–water partition coefficient (Wildman–Crippen LogP) is 3.27. The van der Waals surface area contributed by atoms with Crippen molar-refractivity contribution in [1.82, 2.24) is 9.97 Å². The van der Waals surface area contributed by atoms with E-state index in [1.807, 2.05) is 37.3 Å². The molecule has 2 aromatic rings. The summed E-state index contributed by atoms with van der Waals surface area (Å²) in [7, 11) is 0. The van der Waals surface area contributed by atoms with Crippen molar-refractivity contribution in [3.05, 3.63) is 47.9 Å². The van der Waals surface area contributed by atoms with Gasteiger partial charge >= 0.3 is 0 Å². The Morgan fingerprint density at radius 3 is 2.57 bits per heavy atom. The fourth-order valence-corrected chi connectivity index (χ4v) is 2.78. The number of benzene rings is 1. The number of anilines is 2. The highest BCUT2D eigenvalue weighted by Gasteiger charge is 2.19. The lowest BCUT2D eigenvalue weighted by molar-refractivity contribution is 0.102. The minimum atomic E-state index is -0.201. The topological polar surface area (TPSA) is 58.1 Å². The van der Waals surface area contributed by atoms with Crippen molar-refractivity contribution in [2.75, 3.05) is 23.3 Å². The lowest BCUT2D eigenvalue weighted by Crippen LogP contribution is -2.34. The molecule has 1 amide bonds. The second-order valence-electron chi connectivity index (χ2n) is 6.15. The molecule has 0 aliphatic carbocycles. The number of aromatic nitrogens is 2. The molecule has 2 heterocycles. The van der Waals surface area contributed by atoms with Crippen LogP contribution in [0, 0.1) is 12.8 Å². The average Bonchev–Trinajstić information content (AvgIpc) is 2.56. The van der Waals surface area contributed by atoms with Gasteiger partial charge in [-0.2, -0.15) is 0 Å². The molecule has 23 heavy (non-hydrogen) atoms. The first kappa shape index (κ1) is 15.5. The molecule has 1 fully saturated rings. The number of hydrogen-bond donors (Lipinski definition) is 1. The van der Waals surface area contributed by atoms with E-state index in [-0.39, 0.29) is 5.91 Å². The smallest absolute Gasteiger partial charge is 0.274 e. The van der Waals surface area contributed by atoms with E-state index >= 15 is 0 Å². The summed E-state index contributed by atoms with van der Waals surface area (Å²) in [5, 5.41) is 2.87. The van der Waals surface area contributed by atoms with E-state index in [4.69, 9.17) is 0 Å². The zero-order valence-corrected chi connectivity index (χ0v) is 13.6. The number of nitrogens with zero attached hydrogens (tertiary/aromatic N) is 3. The van der Waals surface area contributed by atoms with Gasteiger partial charge < -0.3 is 10.2 Å². The van der Waals surface area contributed by atoms with Gasteiger partial charge in [-0.1, -0.05) is 25.1 Å². The first-order valence-electron chi connectivity index (χ1n) is 8.09. The summed E-state index contributed by atoms with van der Waals surface area (Å²) in [4.78, 5) is 23.5. The molecule has 1 N–H and O–H groups in total. The highest BCUT2D eigenvalue weighted by molar-refractivity contribution is 6.03. The summed E-state index contributed by atoms with van der Waals surface area (Å²) in [6.45, 7) is 6.07. The number of carbonyl (C=O) groups is 1. The zero-order valence-electron chi connectivity index (χ0n) is 13.6. The number of amides is 1. The molecule has 5 heteroatoms. The molecule has 0 bridgehead atoms. The molecule has 0 atom stereocenters. The van der Waals surface area contributed by atoms with Crippen LogP contribution in [0.25, 0.3) is 0 Å². The Hall–Kier alpha value is -2.43. The van der Waals surface area contributed by atoms with Crippen molar-refractivity contribution in [2.24, 2.45) is 5.92 Å². The second kappa shape index (κ2) is 6.77. The van der Waals surface area contributed by atoms with Gasteiger partial charge in [-0.05, 0) is 37.8 Å². The van der Waals surface area contributed by atoms with E-state index in [1.54, 1.807) is 6.07 Å². The molecular formula is C18H22N4O. The molecule has 0 radical (unpaired) electrons. The van der Waals surface area contributed by atoms with Gasteiger partial charge in [0.25, 0.3) is 5.91 Å². The molecular weight excluding hydrogens is 288 g/mol. The Balaban J connectivity index is 1.78. The third-order valence-electron chi connectivity index (χ3n) is 4.20. The fraction of sp³-hybridized carbons (Fsp3) is 0.389. The molecule has 120 valence electrons. The lowest BCUT2D eigenvalue weighted by atomic mass is 9.99. The summed E-state index contributed by atoms with van der Waals surface area (Å²) in [5.74, 6) is 2.03. The van der Waals surface area contributed by atoms with Crippen molar-refractivity contribution < 1.29 is 4.79 Å². The second-order valence-corrected chi connectivity index (χ2v) is 6.15. The average molecular weight is 310 g/mol. The Bertz CT molecular complexity index is 679. The fourth-order valence-electron chi connectivity index (χ4n) is 2.78. The number of para-hydroxylation sites is 1. The Morgan fingerprint density at radius 1 is 1.17 bits per heavy atom. The van der Waals surface area contributed by atoms with Crippen LogP contribution in [-0.2, 0) is 0 Å². The first-order chi connectivity index (χ1) is 11.1. The summed E-state index contributed by atoms with van der Waals surface area (Å²) >= 11 is 0. The molecule has 5 nitrogen and oxygen atoms in total. The summed E-state index contributed by atoms with van der Waals surface area (Å²) in [5.41, 5.74) is 1.18. The zero-order chi connectivity index (χ0) is 16.2. The SMILES string of the molecule is Cc1nc(C(=O)Nc2ccccc2)cc(N2CCC(C)CC2)n1. The molecule has 3 rings (SSSR count). The maximum Gasteiger partial charge on any atom is 0.274 e. The molecule has 0 unspecified atom stereocenters. The lowest BCUT2D eigenvalue weighted by Gasteiger charge is -2.31. The molecule has 1 aromatic heterocycles. The van der Waals surface area contributed by atoms with Gasteiger partial charge in [-0.25, -0.2) is 9.97 Å². The number of rotatable bonds is 3. The normalized spacial score (nSPS) is 15.5. The molecule has 1 aliphatic heterocycles. The Morgan fingerprint density at radius 2 is 1.87 bits per heavy atom. The van der Waals surface area contributed by atoms with Crippen LogP contribution in [-0.4, -0.2) is 29.0 Å². The highest BCUT2D eigenvalue weighted by Crippen LogP contribution is 2.22. The largest absolute Gasteiger partial charge is 0.356 e. The van der Waals surface area contributed by atoms with Gasteiger partial charge in [0.05, 0.1) is 0 Å². The summed E-state index contributed by atoms with van der Waals surface area (Å²) in [6.07, 6.45) is 2.32.